The van der Waals surface area contributed by atoms with Gasteiger partial charge in [0, 0.05) is 44.6 Å². The zero-order valence-electron chi connectivity index (χ0n) is 19.2. The molecule has 1 aliphatic heterocycles. The molecular formula is C23H26N8O2S. The Morgan fingerprint density at radius 1 is 1.06 bits per heavy atom. The molecule has 0 aliphatic carbocycles. The molecule has 1 fully saturated rings. The highest BCUT2D eigenvalue weighted by molar-refractivity contribution is 7.13. The topological polar surface area (TPSA) is 122 Å². The highest BCUT2D eigenvalue weighted by Gasteiger charge is 2.26. The van der Waals surface area contributed by atoms with Crippen LogP contribution in [-0.4, -0.2) is 65.3 Å². The molecule has 5 heterocycles. The molecule has 10 nitrogen and oxygen atoms in total. The van der Waals surface area contributed by atoms with Gasteiger partial charge in [0.05, 0.1) is 17.4 Å². The molecule has 1 aliphatic rings. The Labute approximate surface area is 201 Å². The lowest BCUT2D eigenvalue weighted by atomic mass is 10.2. The fourth-order valence-corrected chi connectivity index (χ4v) is 4.23. The molecule has 11 heteroatoms. The number of aromatic nitrogens is 6. The van der Waals surface area contributed by atoms with Gasteiger partial charge in [-0.1, -0.05) is 6.07 Å². The number of hydrogen-bond donors (Lipinski definition) is 2. The third-order valence-electron chi connectivity index (χ3n) is 5.35. The van der Waals surface area contributed by atoms with Gasteiger partial charge in [-0.15, -0.1) is 11.3 Å². The third kappa shape index (κ3) is 5.43. The first kappa shape index (κ1) is 23.5. The van der Waals surface area contributed by atoms with E-state index in [1.807, 2.05) is 47.4 Å². The van der Waals surface area contributed by atoms with Crippen molar-refractivity contribution in [3.8, 4) is 22.1 Å². The number of amides is 1. The lowest BCUT2D eigenvalue weighted by Crippen LogP contribution is -2.24. The number of rotatable bonds is 5. The lowest BCUT2D eigenvalue weighted by Gasteiger charge is -2.14. The number of carbonyl (C=O) groups excluding carboxylic acids is 1. The van der Waals surface area contributed by atoms with E-state index >= 15 is 0 Å². The first-order valence-electron chi connectivity index (χ1n) is 10.8. The van der Waals surface area contributed by atoms with Crippen molar-refractivity contribution in [3.05, 3.63) is 60.0 Å². The summed E-state index contributed by atoms with van der Waals surface area (Å²) in [5.74, 6) is 0.413. The number of aliphatic hydroxyl groups is 1. The predicted molar refractivity (Wildman–Crippen MR) is 130 cm³/mol. The van der Waals surface area contributed by atoms with Crippen molar-refractivity contribution < 1.29 is 9.90 Å². The van der Waals surface area contributed by atoms with Crippen molar-refractivity contribution in [1.82, 2.24) is 34.6 Å². The number of carbonyl (C=O) groups is 1. The Morgan fingerprint density at radius 3 is 2.53 bits per heavy atom. The summed E-state index contributed by atoms with van der Waals surface area (Å²) in [6.45, 7) is 2.75. The van der Waals surface area contributed by atoms with Gasteiger partial charge < -0.3 is 15.3 Å². The summed E-state index contributed by atoms with van der Waals surface area (Å²) >= 11 is 1.54. The summed E-state index contributed by atoms with van der Waals surface area (Å²) in [7, 11) is 3.61. The number of pyridine rings is 1. The molecular weight excluding hydrogens is 452 g/mol. The molecule has 2 N–H and O–H groups in total. The maximum atomic E-state index is 10.6. The summed E-state index contributed by atoms with van der Waals surface area (Å²) in [5, 5.41) is 19.1. The van der Waals surface area contributed by atoms with E-state index in [0.29, 0.717) is 18.9 Å². The van der Waals surface area contributed by atoms with Crippen LogP contribution in [0.25, 0.3) is 22.1 Å². The summed E-state index contributed by atoms with van der Waals surface area (Å²) < 4.78 is 1.83. The number of likely N-dealkylation sites (N-methyl/N-ethyl adjacent to an activating group) is 1. The van der Waals surface area contributed by atoms with Crippen LogP contribution in [0.3, 0.4) is 0 Å². The SMILES string of the molecule is CC(Nc1nccc(-c2nc(-c3ccccn3)cs2)n1)c1ccnn1C.CN1CCC(O)C1=O. The fraction of sp³-hybridized carbons (Fsp3) is 0.304. The van der Waals surface area contributed by atoms with Crippen molar-refractivity contribution in [1.29, 1.82) is 0 Å². The Morgan fingerprint density at radius 2 is 1.91 bits per heavy atom. The lowest BCUT2D eigenvalue weighted by molar-refractivity contribution is -0.133. The van der Waals surface area contributed by atoms with E-state index < -0.39 is 6.10 Å². The number of hydrogen-bond acceptors (Lipinski definition) is 9. The molecule has 34 heavy (non-hydrogen) atoms. The van der Waals surface area contributed by atoms with Crippen molar-refractivity contribution in [2.24, 2.45) is 7.05 Å². The molecule has 1 saturated heterocycles. The number of likely N-dealkylation sites (tertiary alicyclic amines) is 1. The molecule has 0 saturated carbocycles. The Bertz CT molecular complexity index is 1230. The second-order valence-corrected chi connectivity index (χ2v) is 8.69. The van der Waals surface area contributed by atoms with E-state index in [2.05, 4.69) is 37.3 Å². The van der Waals surface area contributed by atoms with Crippen LogP contribution in [0.4, 0.5) is 5.95 Å². The molecule has 4 aromatic rings. The minimum absolute atomic E-state index is 0.0399. The molecule has 2 unspecified atom stereocenters. The van der Waals surface area contributed by atoms with E-state index in [-0.39, 0.29) is 11.9 Å². The first-order valence-corrected chi connectivity index (χ1v) is 11.7. The third-order valence-corrected chi connectivity index (χ3v) is 6.22. The van der Waals surface area contributed by atoms with E-state index in [1.54, 1.807) is 37.0 Å². The molecule has 0 spiro atoms. The van der Waals surface area contributed by atoms with E-state index in [1.165, 1.54) is 4.90 Å². The van der Waals surface area contributed by atoms with E-state index in [0.717, 1.165) is 27.8 Å². The maximum absolute atomic E-state index is 10.6. The molecule has 4 aromatic heterocycles. The number of anilines is 1. The zero-order valence-corrected chi connectivity index (χ0v) is 20.0. The zero-order chi connectivity index (χ0) is 24.1. The first-order chi connectivity index (χ1) is 16.4. The molecule has 0 bridgehead atoms. The molecule has 0 aromatic carbocycles. The standard InChI is InChI=1S/C18H17N7S.C5H9NO2/c1-12(16-7-10-21-25(16)2)22-18-20-9-6-14(24-18)17-23-15(11-26-17)13-5-3-4-8-19-13;1-6-3-2-4(7)5(6)8/h3-12H,1-2H3,(H,20,22,24);4,7H,2-3H2,1H3. The monoisotopic (exact) mass is 478 g/mol. The highest BCUT2D eigenvalue weighted by Crippen LogP contribution is 2.27. The minimum atomic E-state index is -0.722. The van der Waals surface area contributed by atoms with Crippen LogP contribution in [-0.2, 0) is 11.8 Å². The number of aliphatic hydroxyl groups excluding tert-OH is 1. The average Bonchev–Trinajstić information content (AvgIpc) is 3.58. The summed E-state index contributed by atoms with van der Waals surface area (Å²) in [5.41, 5.74) is 3.55. The van der Waals surface area contributed by atoms with Gasteiger partial charge in [-0.2, -0.15) is 5.10 Å². The largest absolute Gasteiger partial charge is 0.383 e. The van der Waals surface area contributed by atoms with Crippen molar-refractivity contribution in [3.63, 3.8) is 0 Å². The highest BCUT2D eigenvalue weighted by atomic mass is 32.1. The summed E-state index contributed by atoms with van der Waals surface area (Å²) in [6.07, 6.45) is 5.15. The summed E-state index contributed by atoms with van der Waals surface area (Å²) in [4.78, 5) is 30.0. The van der Waals surface area contributed by atoms with Gasteiger partial charge in [0.15, 0.2) is 0 Å². The van der Waals surface area contributed by atoms with Gasteiger partial charge in [-0.3, -0.25) is 14.5 Å². The van der Waals surface area contributed by atoms with Crippen LogP contribution in [0.1, 0.15) is 25.1 Å². The molecule has 176 valence electrons. The molecule has 5 rings (SSSR count). The van der Waals surface area contributed by atoms with E-state index in [4.69, 9.17) is 5.11 Å². The molecule has 1 amide bonds. The minimum Gasteiger partial charge on any atom is -0.383 e. The normalized spacial score (nSPS) is 16.2. The van der Waals surface area contributed by atoms with Crippen LogP contribution in [0.2, 0.25) is 0 Å². The second-order valence-electron chi connectivity index (χ2n) is 7.83. The second kappa shape index (κ2) is 10.5. The quantitative estimate of drug-likeness (QED) is 0.449. The Hall–Kier alpha value is -3.70. The molecule has 0 radical (unpaired) electrons. The Balaban J connectivity index is 0.000000291. The van der Waals surface area contributed by atoms with Crippen LogP contribution in [0, 0.1) is 0 Å². The smallest absolute Gasteiger partial charge is 0.251 e. The van der Waals surface area contributed by atoms with Crippen molar-refractivity contribution >= 4 is 23.2 Å². The Kier molecular flexibility index (Phi) is 7.24. The average molecular weight is 479 g/mol. The van der Waals surface area contributed by atoms with Gasteiger partial charge in [-0.25, -0.2) is 15.0 Å². The van der Waals surface area contributed by atoms with Gasteiger partial charge in [-0.05, 0) is 37.6 Å². The summed E-state index contributed by atoms with van der Waals surface area (Å²) in [6, 6.07) is 9.67. The van der Waals surface area contributed by atoms with Crippen LogP contribution in [0.15, 0.2) is 54.3 Å². The fourth-order valence-electron chi connectivity index (χ4n) is 3.45. The van der Waals surface area contributed by atoms with Crippen molar-refractivity contribution in [2.45, 2.75) is 25.5 Å². The number of nitrogens with zero attached hydrogens (tertiary/aromatic N) is 7. The van der Waals surface area contributed by atoms with Crippen LogP contribution in [0.5, 0.6) is 0 Å². The number of thiazole rings is 1. The maximum Gasteiger partial charge on any atom is 0.251 e. The van der Waals surface area contributed by atoms with E-state index in [9.17, 15) is 4.79 Å². The number of aryl methyl sites for hydroxylation is 1. The molecule has 2 atom stereocenters. The van der Waals surface area contributed by atoms with Crippen LogP contribution >= 0.6 is 11.3 Å². The van der Waals surface area contributed by atoms with Crippen LogP contribution < -0.4 is 5.32 Å². The van der Waals surface area contributed by atoms with Crippen molar-refractivity contribution in [2.75, 3.05) is 18.9 Å². The van der Waals surface area contributed by atoms with Gasteiger partial charge >= 0.3 is 0 Å². The van der Waals surface area contributed by atoms with Gasteiger partial charge in [0.25, 0.3) is 5.91 Å². The number of nitrogens with one attached hydrogen (secondary N) is 1. The van der Waals surface area contributed by atoms with Gasteiger partial charge in [0.1, 0.15) is 22.5 Å². The van der Waals surface area contributed by atoms with Gasteiger partial charge in [0.2, 0.25) is 5.95 Å². The predicted octanol–water partition coefficient (Wildman–Crippen LogP) is 2.78.